The molecule has 0 saturated carbocycles. The van der Waals surface area contributed by atoms with E-state index < -0.39 is 0 Å². The lowest BCUT2D eigenvalue weighted by Crippen LogP contribution is -2.19. The Morgan fingerprint density at radius 3 is 2.10 bits per heavy atom. The fourth-order valence-electron chi connectivity index (χ4n) is 1.78. The molecule has 0 N–H and O–H groups in total. The van der Waals surface area contributed by atoms with Crippen LogP contribution in [0.3, 0.4) is 0 Å². The Morgan fingerprint density at radius 2 is 1.45 bits per heavy atom. The number of hydrogen-bond donors (Lipinski definition) is 0. The van der Waals surface area contributed by atoms with Crippen molar-refractivity contribution in [3.05, 3.63) is 54.1 Å². The van der Waals surface area contributed by atoms with E-state index >= 15 is 0 Å². The number of para-hydroxylation sites is 3. The van der Waals surface area contributed by atoms with Gasteiger partial charge in [0.05, 0.1) is 0 Å². The largest absolute Gasteiger partial charge is 0.488 e. The van der Waals surface area contributed by atoms with Gasteiger partial charge in [-0.05, 0) is 44.8 Å². The molecule has 3 heteroatoms. The fourth-order valence-corrected chi connectivity index (χ4v) is 1.78. The molecule has 2 aromatic carbocycles. The molecule has 2 rings (SSSR count). The molecule has 0 fully saturated rings. The monoisotopic (exact) mass is 271 g/mol. The molecule has 106 valence electrons. The number of nitrogens with zero attached hydrogens (tertiary/aromatic N) is 1. The molecule has 0 aliphatic rings. The Kier molecular flexibility index (Phi) is 5.02. The van der Waals surface area contributed by atoms with E-state index in [4.69, 9.17) is 9.47 Å². The molecule has 0 radical (unpaired) electrons. The normalized spacial score (nSPS) is 10.6. The van der Waals surface area contributed by atoms with E-state index in [1.165, 1.54) is 0 Å². The molecular formula is C17H21NO2. The summed E-state index contributed by atoms with van der Waals surface area (Å²) in [5, 5.41) is 0. The molecule has 0 atom stereocenters. The number of hydrogen-bond acceptors (Lipinski definition) is 3. The maximum absolute atomic E-state index is 5.96. The number of likely N-dealkylation sites (N-methyl/N-ethyl adjacent to an activating group) is 1. The van der Waals surface area contributed by atoms with Crippen molar-refractivity contribution in [2.45, 2.75) is 6.92 Å². The van der Waals surface area contributed by atoms with Crippen LogP contribution in [0.15, 0.2) is 48.5 Å². The highest BCUT2D eigenvalue weighted by Gasteiger charge is 2.07. The van der Waals surface area contributed by atoms with E-state index in [0.717, 1.165) is 29.4 Å². The van der Waals surface area contributed by atoms with Gasteiger partial charge in [0, 0.05) is 6.54 Å². The summed E-state index contributed by atoms with van der Waals surface area (Å²) in [6, 6.07) is 15.7. The molecule has 0 bridgehead atoms. The summed E-state index contributed by atoms with van der Waals surface area (Å²) < 4.78 is 11.8. The van der Waals surface area contributed by atoms with Crippen molar-refractivity contribution >= 4 is 0 Å². The van der Waals surface area contributed by atoms with Crippen molar-refractivity contribution in [3.63, 3.8) is 0 Å². The summed E-state index contributed by atoms with van der Waals surface area (Å²) in [5.74, 6) is 2.38. The van der Waals surface area contributed by atoms with Crippen LogP contribution in [0.4, 0.5) is 0 Å². The van der Waals surface area contributed by atoms with E-state index in [2.05, 4.69) is 4.90 Å². The van der Waals surface area contributed by atoms with Gasteiger partial charge < -0.3 is 14.4 Å². The molecule has 0 aromatic heterocycles. The van der Waals surface area contributed by atoms with Gasteiger partial charge in [0.2, 0.25) is 0 Å². The van der Waals surface area contributed by atoms with Gasteiger partial charge in [-0.15, -0.1) is 0 Å². The van der Waals surface area contributed by atoms with Crippen molar-refractivity contribution < 1.29 is 9.47 Å². The number of rotatable bonds is 6. The summed E-state index contributed by atoms with van der Waals surface area (Å²) in [6.45, 7) is 3.55. The summed E-state index contributed by atoms with van der Waals surface area (Å²) in [6.07, 6.45) is 0. The number of benzene rings is 2. The van der Waals surface area contributed by atoms with Gasteiger partial charge in [-0.25, -0.2) is 0 Å². The Labute approximate surface area is 120 Å². The highest BCUT2D eigenvalue weighted by molar-refractivity contribution is 5.44. The van der Waals surface area contributed by atoms with Crippen LogP contribution >= 0.6 is 0 Å². The minimum atomic E-state index is 0.640. The third-order valence-electron chi connectivity index (χ3n) is 2.96. The third-order valence-corrected chi connectivity index (χ3v) is 2.96. The van der Waals surface area contributed by atoms with Gasteiger partial charge in [0.25, 0.3) is 0 Å². The standard InChI is InChI=1S/C17H21NO2/c1-14-8-4-5-9-15(14)20-17-11-7-6-10-16(17)19-13-12-18(2)3/h4-11H,12-13H2,1-3H3. The van der Waals surface area contributed by atoms with Gasteiger partial charge in [-0.3, -0.25) is 0 Å². The summed E-state index contributed by atoms with van der Waals surface area (Å²) in [5.41, 5.74) is 1.11. The first kappa shape index (κ1) is 14.4. The van der Waals surface area contributed by atoms with E-state index in [0.29, 0.717) is 6.61 Å². The number of ether oxygens (including phenoxy) is 2. The predicted octanol–water partition coefficient (Wildman–Crippen LogP) is 3.73. The average molecular weight is 271 g/mol. The molecule has 0 unspecified atom stereocenters. The Bertz CT molecular complexity index is 552. The highest BCUT2D eigenvalue weighted by atomic mass is 16.5. The Morgan fingerprint density at radius 1 is 0.850 bits per heavy atom. The van der Waals surface area contributed by atoms with Crippen LogP contribution in [0.25, 0.3) is 0 Å². The molecule has 2 aromatic rings. The van der Waals surface area contributed by atoms with Crippen LogP contribution in [0.5, 0.6) is 17.2 Å². The van der Waals surface area contributed by atoms with Gasteiger partial charge in [0.15, 0.2) is 11.5 Å². The van der Waals surface area contributed by atoms with Gasteiger partial charge in [0.1, 0.15) is 12.4 Å². The first-order valence-electron chi connectivity index (χ1n) is 6.77. The van der Waals surface area contributed by atoms with E-state index in [-0.39, 0.29) is 0 Å². The van der Waals surface area contributed by atoms with Crippen molar-refractivity contribution in [2.75, 3.05) is 27.2 Å². The number of aryl methyl sites for hydroxylation is 1. The molecule has 0 spiro atoms. The molecule has 0 heterocycles. The van der Waals surface area contributed by atoms with Crippen LogP contribution in [0.2, 0.25) is 0 Å². The maximum atomic E-state index is 5.96. The Balaban J connectivity index is 2.10. The second-order valence-electron chi connectivity index (χ2n) is 4.97. The molecule has 0 amide bonds. The van der Waals surface area contributed by atoms with Crippen molar-refractivity contribution in [1.82, 2.24) is 4.90 Å². The minimum Gasteiger partial charge on any atom is -0.488 e. The highest BCUT2D eigenvalue weighted by Crippen LogP contribution is 2.32. The molecule has 0 saturated heterocycles. The van der Waals surface area contributed by atoms with Crippen molar-refractivity contribution in [3.8, 4) is 17.2 Å². The van der Waals surface area contributed by atoms with Gasteiger partial charge in [-0.1, -0.05) is 30.3 Å². The van der Waals surface area contributed by atoms with E-state index in [1.54, 1.807) is 0 Å². The average Bonchev–Trinajstić information content (AvgIpc) is 2.43. The minimum absolute atomic E-state index is 0.640. The zero-order chi connectivity index (χ0) is 14.4. The summed E-state index contributed by atoms with van der Waals surface area (Å²) in [4.78, 5) is 2.09. The van der Waals surface area contributed by atoms with Crippen LogP contribution < -0.4 is 9.47 Å². The zero-order valence-corrected chi connectivity index (χ0v) is 12.3. The van der Waals surface area contributed by atoms with E-state index in [9.17, 15) is 0 Å². The first-order valence-corrected chi connectivity index (χ1v) is 6.77. The summed E-state index contributed by atoms with van der Waals surface area (Å²) >= 11 is 0. The molecule has 20 heavy (non-hydrogen) atoms. The second kappa shape index (κ2) is 6.96. The fraction of sp³-hybridized carbons (Fsp3) is 0.294. The maximum Gasteiger partial charge on any atom is 0.169 e. The summed E-state index contributed by atoms with van der Waals surface area (Å²) in [7, 11) is 4.05. The van der Waals surface area contributed by atoms with Gasteiger partial charge >= 0.3 is 0 Å². The smallest absolute Gasteiger partial charge is 0.169 e. The topological polar surface area (TPSA) is 21.7 Å². The quantitative estimate of drug-likeness (QED) is 0.799. The van der Waals surface area contributed by atoms with E-state index in [1.807, 2.05) is 69.6 Å². The predicted molar refractivity (Wildman–Crippen MR) is 81.7 cm³/mol. The van der Waals surface area contributed by atoms with Crippen LogP contribution in [0, 0.1) is 6.92 Å². The molecule has 3 nitrogen and oxygen atoms in total. The lowest BCUT2D eigenvalue weighted by Gasteiger charge is -2.15. The third kappa shape index (κ3) is 4.00. The SMILES string of the molecule is Cc1ccccc1Oc1ccccc1OCCN(C)C. The van der Waals surface area contributed by atoms with Crippen LogP contribution in [0.1, 0.15) is 5.56 Å². The van der Waals surface area contributed by atoms with Crippen LogP contribution in [-0.2, 0) is 0 Å². The molecule has 0 aliphatic carbocycles. The lowest BCUT2D eigenvalue weighted by molar-refractivity contribution is 0.254. The second-order valence-corrected chi connectivity index (χ2v) is 4.97. The molecular weight excluding hydrogens is 250 g/mol. The first-order chi connectivity index (χ1) is 9.66. The Hall–Kier alpha value is -2.00. The lowest BCUT2D eigenvalue weighted by atomic mass is 10.2. The van der Waals surface area contributed by atoms with Gasteiger partial charge in [-0.2, -0.15) is 0 Å². The molecule has 0 aliphatic heterocycles. The van der Waals surface area contributed by atoms with Crippen molar-refractivity contribution in [2.24, 2.45) is 0 Å². The zero-order valence-electron chi connectivity index (χ0n) is 12.3. The van der Waals surface area contributed by atoms with Crippen molar-refractivity contribution in [1.29, 1.82) is 0 Å². The van der Waals surface area contributed by atoms with Crippen LogP contribution in [-0.4, -0.2) is 32.1 Å².